The van der Waals surface area contributed by atoms with Crippen LogP contribution in [0.1, 0.15) is 24.8 Å². The molecule has 0 bridgehead atoms. The maximum absolute atomic E-state index is 5.44. The predicted octanol–water partition coefficient (Wildman–Crippen LogP) is 2.12. The zero-order valence-electron chi connectivity index (χ0n) is 10.7. The molecule has 0 radical (unpaired) electrons. The van der Waals surface area contributed by atoms with E-state index in [-0.39, 0.29) is 0 Å². The van der Waals surface area contributed by atoms with Gasteiger partial charge in [0.1, 0.15) is 0 Å². The molecule has 1 aliphatic heterocycles. The van der Waals surface area contributed by atoms with Crippen molar-refractivity contribution in [2.45, 2.75) is 25.9 Å². The first kappa shape index (κ1) is 13.0. The summed E-state index contributed by atoms with van der Waals surface area (Å²) in [4.78, 5) is 3.91. The third-order valence-electron chi connectivity index (χ3n) is 3.32. The van der Waals surface area contributed by atoms with E-state index in [1.54, 1.807) is 0 Å². The van der Waals surface area contributed by atoms with E-state index in [2.05, 4.69) is 41.6 Å². The molecule has 0 saturated carbocycles. The lowest BCUT2D eigenvalue weighted by molar-refractivity contribution is 0.000217. The van der Waals surface area contributed by atoms with Crippen LogP contribution in [0.15, 0.2) is 17.5 Å². The topological polar surface area (TPSA) is 24.5 Å². The SMILES string of the molecule is CC(NCCN1CCOCC1C)c1cccs1. The molecule has 2 heterocycles. The molecule has 17 heavy (non-hydrogen) atoms. The molecule has 1 fully saturated rings. The number of hydrogen-bond acceptors (Lipinski definition) is 4. The van der Waals surface area contributed by atoms with Crippen molar-refractivity contribution < 1.29 is 4.74 Å². The Morgan fingerprint density at radius 1 is 1.65 bits per heavy atom. The fraction of sp³-hybridized carbons (Fsp3) is 0.692. The molecule has 1 aromatic heterocycles. The van der Waals surface area contributed by atoms with Crippen molar-refractivity contribution in [3.8, 4) is 0 Å². The second kappa shape index (κ2) is 6.50. The average molecular weight is 254 g/mol. The zero-order chi connectivity index (χ0) is 12.1. The minimum Gasteiger partial charge on any atom is -0.379 e. The van der Waals surface area contributed by atoms with Gasteiger partial charge in [0, 0.05) is 36.6 Å². The Labute approximate surface area is 108 Å². The van der Waals surface area contributed by atoms with Gasteiger partial charge < -0.3 is 10.1 Å². The summed E-state index contributed by atoms with van der Waals surface area (Å²) in [6.07, 6.45) is 0. The van der Waals surface area contributed by atoms with Crippen LogP contribution >= 0.6 is 11.3 Å². The van der Waals surface area contributed by atoms with Crippen LogP contribution < -0.4 is 5.32 Å². The summed E-state index contributed by atoms with van der Waals surface area (Å²) in [7, 11) is 0. The summed E-state index contributed by atoms with van der Waals surface area (Å²) in [5.74, 6) is 0. The highest BCUT2D eigenvalue weighted by molar-refractivity contribution is 7.10. The van der Waals surface area contributed by atoms with Crippen molar-refractivity contribution in [3.63, 3.8) is 0 Å². The van der Waals surface area contributed by atoms with Gasteiger partial charge in [-0.05, 0) is 25.3 Å². The van der Waals surface area contributed by atoms with E-state index in [0.717, 1.165) is 32.8 Å². The third kappa shape index (κ3) is 3.78. The minimum atomic E-state index is 0.464. The molecule has 2 atom stereocenters. The van der Waals surface area contributed by atoms with E-state index in [4.69, 9.17) is 4.74 Å². The molecule has 0 aromatic carbocycles. The highest BCUT2D eigenvalue weighted by atomic mass is 32.1. The smallest absolute Gasteiger partial charge is 0.0619 e. The van der Waals surface area contributed by atoms with Crippen molar-refractivity contribution in [3.05, 3.63) is 22.4 Å². The summed E-state index contributed by atoms with van der Waals surface area (Å²) in [6.45, 7) is 9.45. The number of rotatable bonds is 5. The first-order valence-corrected chi connectivity index (χ1v) is 7.24. The fourth-order valence-corrected chi connectivity index (χ4v) is 2.92. The Hall–Kier alpha value is -0.420. The lowest BCUT2D eigenvalue weighted by Gasteiger charge is -2.33. The summed E-state index contributed by atoms with van der Waals surface area (Å²) in [6, 6.07) is 5.33. The molecule has 1 N–H and O–H groups in total. The third-order valence-corrected chi connectivity index (χ3v) is 4.38. The number of morpholine rings is 1. The minimum absolute atomic E-state index is 0.464. The maximum atomic E-state index is 5.44. The molecule has 1 aliphatic rings. The van der Waals surface area contributed by atoms with Crippen molar-refractivity contribution in [1.82, 2.24) is 10.2 Å². The van der Waals surface area contributed by atoms with Gasteiger partial charge in [0.05, 0.1) is 13.2 Å². The van der Waals surface area contributed by atoms with Crippen LogP contribution in [0.25, 0.3) is 0 Å². The lowest BCUT2D eigenvalue weighted by atomic mass is 10.2. The summed E-state index contributed by atoms with van der Waals surface area (Å²) in [5, 5.41) is 5.72. The van der Waals surface area contributed by atoms with Gasteiger partial charge in [0.25, 0.3) is 0 Å². The van der Waals surface area contributed by atoms with Crippen LogP contribution in [0.2, 0.25) is 0 Å². The highest BCUT2D eigenvalue weighted by Gasteiger charge is 2.18. The van der Waals surface area contributed by atoms with Gasteiger partial charge in [0.15, 0.2) is 0 Å². The molecule has 0 aliphatic carbocycles. The number of nitrogens with zero attached hydrogens (tertiary/aromatic N) is 1. The molecule has 1 saturated heterocycles. The average Bonchev–Trinajstić information content (AvgIpc) is 2.85. The van der Waals surface area contributed by atoms with E-state index >= 15 is 0 Å². The van der Waals surface area contributed by atoms with Crippen LogP contribution in [0.3, 0.4) is 0 Å². The van der Waals surface area contributed by atoms with E-state index in [1.807, 2.05) is 11.3 Å². The second-order valence-electron chi connectivity index (χ2n) is 4.65. The molecular weight excluding hydrogens is 232 g/mol. The Morgan fingerprint density at radius 2 is 2.53 bits per heavy atom. The molecule has 96 valence electrons. The number of ether oxygens (including phenoxy) is 1. The first-order valence-electron chi connectivity index (χ1n) is 6.36. The Kier molecular flexibility index (Phi) is 4.98. The van der Waals surface area contributed by atoms with Crippen LogP contribution in [-0.4, -0.2) is 43.8 Å². The molecule has 1 aromatic rings. The monoisotopic (exact) mass is 254 g/mol. The number of hydrogen-bond donors (Lipinski definition) is 1. The van der Waals surface area contributed by atoms with Gasteiger partial charge >= 0.3 is 0 Å². The van der Waals surface area contributed by atoms with Gasteiger partial charge in [-0.3, -0.25) is 4.90 Å². The Balaban J connectivity index is 1.68. The van der Waals surface area contributed by atoms with Crippen molar-refractivity contribution >= 4 is 11.3 Å². The Morgan fingerprint density at radius 3 is 3.24 bits per heavy atom. The first-order chi connectivity index (χ1) is 8.27. The van der Waals surface area contributed by atoms with Crippen LogP contribution in [-0.2, 0) is 4.74 Å². The van der Waals surface area contributed by atoms with E-state index in [0.29, 0.717) is 12.1 Å². The van der Waals surface area contributed by atoms with E-state index < -0.39 is 0 Å². The number of thiophene rings is 1. The standard InChI is InChI=1S/C13H22N2OS/c1-11-10-16-8-7-15(11)6-5-14-12(2)13-4-3-9-17-13/h3-4,9,11-12,14H,5-8,10H2,1-2H3. The molecule has 2 rings (SSSR count). The van der Waals surface area contributed by atoms with Crippen LogP contribution in [0, 0.1) is 0 Å². The molecule has 2 unspecified atom stereocenters. The highest BCUT2D eigenvalue weighted by Crippen LogP contribution is 2.17. The predicted molar refractivity (Wildman–Crippen MR) is 72.6 cm³/mol. The number of nitrogens with one attached hydrogen (secondary N) is 1. The molecule has 3 nitrogen and oxygen atoms in total. The maximum Gasteiger partial charge on any atom is 0.0619 e. The van der Waals surface area contributed by atoms with Crippen LogP contribution in [0.5, 0.6) is 0 Å². The molecular formula is C13H22N2OS. The Bertz CT molecular complexity index is 315. The molecule has 0 spiro atoms. The van der Waals surface area contributed by atoms with E-state index in [9.17, 15) is 0 Å². The van der Waals surface area contributed by atoms with E-state index in [1.165, 1.54) is 4.88 Å². The van der Waals surface area contributed by atoms with Crippen molar-refractivity contribution in [1.29, 1.82) is 0 Å². The zero-order valence-corrected chi connectivity index (χ0v) is 11.5. The van der Waals surface area contributed by atoms with Gasteiger partial charge in [-0.1, -0.05) is 6.07 Å². The summed E-state index contributed by atoms with van der Waals surface area (Å²) < 4.78 is 5.44. The van der Waals surface area contributed by atoms with Gasteiger partial charge in [-0.25, -0.2) is 0 Å². The van der Waals surface area contributed by atoms with Gasteiger partial charge in [-0.2, -0.15) is 0 Å². The fourth-order valence-electron chi connectivity index (χ4n) is 2.16. The van der Waals surface area contributed by atoms with Crippen molar-refractivity contribution in [2.75, 3.05) is 32.8 Å². The molecule has 0 amide bonds. The van der Waals surface area contributed by atoms with Gasteiger partial charge in [-0.15, -0.1) is 11.3 Å². The largest absolute Gasteiger partial charge is 0.379 e. The van der Waals surface area contributed by atoms with Crippen molar-refractivity contribution in [2.24, 2.45) is 0 Å². The molecule has 4 heteroatoms. The second-order valence-corrected chi connectivity index (χ2v) is 5.63. The quantitative estimate of drug-likeness (QED) is 0.871. The summed E-state index contributed by atoms with van der Waals surface area (Å²) in [5.41, 5.74) is 0. The lowest BCUT2D eigenvalue weighted by Crippen LogP contribution is -2.46. The summed E-state index contributed by atoms with van der Waals surface area (Å²) >= 11 is 1.82. The normalized spacial score (nSPS) is 23.8. The van der Waals surface area contributed by atoms with Crippen LogP contribution in [0.4, 0.5) is 0 Å². The van der Waals surface area contributed by atoms with Gasteiger partial charge in [0.2, 0.25) is 0 Å².